The molecular weight excluding hydrogens is 358 g/mol. The number of hydrogen-bond donors (Lipinski definition) is 2. The summed E-state index contributed by atoms with van der Waals surface area (Å²) in [6.07, 6.45) is 0.800. The summed E-state index contributed by atoms with van der Waals surface area (Å²) in [5.74, 6) is 0.187. The van der Waals surface area contributed by atoms with Crippen molar-refractivity contribution >= 4 is 28.6 Å². The van der Waals surface area contributed by atoms with Crippen molar-refractivity contribution in [2.24, 2.45) is 5.92 Å². The molecule has 26 heavy (non-hydrogen) atoms. The van der Waals surface area contributed by atoms with Crippen molar-refractivity contribution in [2.45, 2.75) is 26.7 Å². The summed E-state index contributed by atoms with van der Waals surface area (Å²) in [5.41, 5.74) is 0.793. The highest BCUT2D eigenvalue weighted by atomic mass is 35.5. The van der Waals surface area contributed by atoms with Gasteiger partial charge in [-0.1, -0.05) is 43.6 Å². The second-order valence-corrected chi connectivity index (χ2v) is 6.87. The summed E-state index contributed by atoms with van der Waals surface area (Å²) in [5, 5.41) is 20.3. The number of carboxylic acid groups (broad SMARTS) is 1. The summed E-state index contributed by atoms with van der Waals surface area (Å²) < 4.78 is 1.64. The number of para-hydroxylation sites is 1. The van der Waals surface area contributed by atoms with Gasteiger partial charge in [0.05, 0.1) is 11.2 Å². The van der Waals surface area contributed by atoms with Crippen molar-refractivity contribution in [3.63, 3.8) is 0 Å². The van der Waals surface area contributed by atoms with Crippen LogP contribution in [0, 0.1) is 5.92 Å². The van der Waals surface area contributed by atoms with Gasteiger partial charge in [0.15, 0.2) is 5.15 Å². The Morgan fingerprint density at radius 3 is 2.65 bits per heavy atom. The second kappa shape index (κ2) is 6.84. The van der Waals surface area contributed by atoms with E-state index in [2.05, 4.69) is 4.98 Å². The molecule has 2 heterocycles. The molecule has 0 fully saturated rings. The fourth-order valence-electron chi connectivity index (χ4n) is 2.97. The highest BCUT2D eigenvalue weighted by Crippen LogP contribution is 2.23. The Labute approximate surface area is 154 Å². The van der Waals surface area contributed by atoms with Gasteiger partial charge in [0.25, 0.3) is 0 Å². The average Bonchev–Trinajstić information content (AvgIpc) is 2.95. The van der Waals surface area contributed by atoms with Crippen LogP contribution < -0.4 is 5.56 Å². The Morgan fingerprint density at radius 2 is 2.00 bits per heavy atom. The zero-order chi connectivity index (χ0) is 19.0. The molecule has 3 rings (SSSR count). The third kappa shape index (κ3) is 3.17. The third-order valence-electron chi connectivity index (χ3n) is 4.13. The van der Waals surface area contributed by atoms with E-state index < -0.39 is 11.7 Å². The van der Waals surface area contributed by atoms with E-state index >= 15 is 0 Å². The van der Waals surface area contributed by atoms with Crippen molar-refractivity contribution in [1.82, 2.24) is 14.3 Å². The molecule has 2 N–H and O–H groups in total. The summed E-state index contributed by atoms with van der Waals surface area (Å²) in [4.78, 5) is 28.1. The van der Waals surface area contributed by atoms with Crippen LogP contribution in [0.4, 0.5) is 4.79 Å². The molecular formula is C18H18ClN3O4. The first-order chi connectivity index (χ1) is 12.3. The molecule has 0 radical (unpaired) electrons. The molecule has 0 unspecified atom stereocenters. The molecule has 1 aromatic carbocycles. The average molecular weight is 376 g/mol. The molecule has 3 aromatic rings. The van der Waals surface area contributed by atoms with Crippen molar-refractivity contribution in [3.05, 3.63) is 62.9 Å². The molecule has 0 aliphatic heterocycles. The maximum absolute atomic E-state index is 12.5. The minimum atomic E-state index is -1.12. The lowest BCUT2D eigenvalue weighted by Gasteiger charge is -2.12. The number of carbonyl (C=O) groups is 1. The van der Waals surface area contributed by atoms with E-state index in [-0.39, 0.29) is 28.9 Å². The van der Waals surface area contributed by atoms with Gasteiger partial charge in [0, 0.05) is 18.0 Å². The van der Waals surface area contributed by atoms with E-state index in [0.29, 0.717) is 27.6 Å². The van der Waals surface area contributed by atoms with Gasteiger partial charge >= 0.3 is 11.7 Å². The zero-order valence-corrected chi connectivity index (χ0v) is 15.1. The first-order valence-electron chi connectivity index (χ1n) is 8.11. The Bertz CT molecular complexity index is 1050. The van der Waals surface area contributed by atoms with Gasteiger partial charge < -0.3 is 10.3 Å². The molecule has 8 heteroatoms. The van der Waals surface area contributed by atoms with E-state index in [1.807, 2.05) is 13.8 Å². The highest BCUT2D eigenvalue weighted by molar-refractivity contribution is 6.30. The van der Waals surface area contributed by atoms with Crippen LogP contribution in [-0.4, -0.2) is 30.7 Å². The van der Waals surface area contributed by atoms with Gasteiger partial charge in [-0.05, 0) is 24.0 Å². The zero-order valence-electron chi connectivity index (χ0n) is 14.3. The van der Waals surface area contributed by atoms with Crippen LogP contribution in [0.1, 0.15) is 30.8 Å². The van der Waals surface area contributed by atoms with Gasteiger partial charge in [-0.25, -0.2) is 9.78 Å². The lowest BCUT2D eigenvalue weighted by Crippen LogP contribution is -2.28. The van der Waals surface area contributed by atoms with Gasteiger partial charge in [-0.3, -0.25) is 9.36 Å². The Kier molecular flexibility index (Phi) is 4.73. The van der Waals surface area contributed by atoms with Crippen molar-refractivity contribution < 1.29 is 15.1 Å². The molecule has 0 spiro atoms. The molecule has 136 valence electrons. The van der Waals surface area contributed by atoms with E-state index in [1.54, 1.807) is 24.3 Å². The van der Waals surface area contributed by atoms with Crippen molar-refractivity contribution in [1.29, 1.82) is 0 Å². The van der Waals surface area contributed by atoms with Crippen LogP contribution in [0.15, 0.2) is 35.3 Å². The Hall–Kier alpha value is -2.80. The normalized spacial score (nSPS) is 11.4. The van der Waals surface area contributed by atoms with Gasteiger partial charge in [0.2, 0.25) is 0 Å². The molecule has 0 atom stereocenters. The van der Waals surface area contributed by atoms with Crippen LogP contribution in [0.5, 0.6) is 0 Å². The molecule has 0 aliphatic rings. The summed E-state index contributed by atoms with van der Waals surface area (Å²) in [7, 11) is 0. The molecule has 0 saturated heterocycles. The number of rotatable bonds is 4. The number of nitrogens with zero attached hydrogens (tertiary/aromatic N) is 3. The number of benzene rings is 1. The van der Waals surface area contributed by atoms with E-state index in [4.69, 9.17) is 11.6 Å². The standard InChI is InChI=1S/C18H18ClN3O4/c1-10(2)7-15-16(19)20-13(17(23)22(15)26)8-11-9-21(18(24)25)14-6-4-3-5-12(11)14/h3-6,9-10,26H,7-8H2,1-2H3,(H,24,25). The predicted octanol–water partition coefficient (Wildman–Crippen LogP) is 3.40. The molecule has 0 bridgehead atoms. The lowest BCUT2D eigenvalue weighted by atomic mass is 10.1. The third-order valence-corrected chi connectivity index (χ3v) is 4.43. The van der Waals surface area contributed by atoms with Crippen molar-refractivity contribution in [2.75, 3.05) is 0 Å². The molecule has 0 saturated carbocycles. The summed E-state index contributed by atoms with van der Waals surface area (Å²) >= 11 is 6.16. The predicted molar refractivity (Wildman–Crippen MR) is 97.4 cm³/mol. The van der Waals surface area contributed by atoms with Crippen LogP contribution in [0.2, 0.25) is 5.15 Å². The van der Waals surface area contributed by atoms with E-state index in [1.165, 1.54) is 6.20 Å². The SMILES string of the molecule is CC(C)Cc1c(Cl)nc(Cc2cn(C(=O)O)c3ccccc23)c(=O)n1O. The van der Waals surface area contributed by atoms with Crippen LogP contribution in [-0.2, 0) is 12.8 Å². The van der Waals surface area contributed by atoms with E-state index in [9.17, 15) is 19.9 Å². The maximum Gasteiger partial charge on any atom is 0.416 e. The number of halogens is 1. The summed E-state index contributed by atoms with van der Waals surface area (Å²) in [6, 6.07) is 6.98. The minimum absolute atomic E-state index is 0.0540. The molecule has 0 aliphatic carbocycles. The van der Waals surface area contributed by atoms with Crippen LogP contribution in [0.3, 0.4) is 0 Å². The van der Waals surface area contributed by atoms with Crippen LogP contribution in [0.25, 0.3) is 10.9 Å². The number of fused-ring (bicyclic) bond motifs is 1. The van der Waals surface area contributed by atoms with Crippen molar-refractivity contribution in [3.8, 4) is 0 Å². The summed E-state index contributed by atoms with van der Waals surface area (Å²) in [6.45, 7) is 3.88. The monoisotopic (exact) mass is 375 g/mol. The second-order valence-electron chi connectivity index (χ2n) is 6.51. The number of aromatic nitrogens is 3. The maximum atomic E-state index is 12.5. The Morgan fingerprint density at radius 1 is 1.31 bits per heavy atom. The van der Waals surface area contributed by atoms with Gasteiger partial charge in [-0.2, -0.15) is 0 Å². The first-order valence-corrected chi connectivity index (χ1v) is 8.49. The fourth-order valence-corrected chi connectivity index (χ4v) is 3.22. The molecule has 2 aromatic heterocycles. The molecule has 7 nitrogen and oxygen atoms in total. The van der Waals surface area contributed by atoms with Gasteiger partial charge in [0.1, 0.15) is 5.69 Å². The smallest absolute Gasteiger partial charge is 0.416 e. The number of hydrogen-bond acceptors (Lipinski definition) is 4. The lowest BCUT2D eigenvalue weighted by molar-refractivity contribution is 0.160. The van der Waals surface area contributed by atoms with E-state index in [0.717, 1.165) is 4.57 Å². The first kappa shape index (κ1) is 18.0. The van der Waals surface area contributed by atoms with Gasteiger partial charge in [-0.15, -0.1) is 4.73 Å². The largest absolute Gasteiger partial charge is 0.464 e. The minimum Gasteiger partial charge on any atom is -0.464 e. The highest BCUT2D eigenvalue weighted by Gasteiger charge is 2.19. The topological polar surface area (TPSA) is 97.4 Å². The molecule has 0 amide bonds. The quantitative estimate of drug-likeness (QED) is 0.681. The van der Waals surface area contributed by atoms with Crippen LogP contribution >= 0.6 is 11.6 Å². The fraction of sp³-hybridized carbons (Fsp3) is 0.278. The Balaban J connectivity index is 2.09.